The van der Waals surface area contributed by atoms with Crippen LogP contribution in [-0.2, 0) is 21.3 Å². The van der Waals surface area contributed by atoms with Crippen molar-refractivity contribution in [2.45, 2.75) is 43.7 Å². The Balaban J connectivity index is 1.51. The molecule has 3 aromatic carbocycles. The number of aromatic nitrogens is 1. The van der Waals surface area contributed by atoms with E-state index in [1.54, 1.807) is 23.5 Å². The van der Waals surface area contributed by atoms with E-state index >= 15 is 0 Å². The number of sulfonamides is 1. The zero-order valence-corrected chi connectivity index (χ0v) is 22.0. The van der Waals surface area contributed by atoms with E-state index in [9.17, 15) is 13.2 Å². The normalized spacial score (nSPS) is 17.7. The highest BCUT2D eigenvalue weighted by molar-refractivity contribution is 7.89. The molecule has 1 saturated heterocycles. The lowest BCUT2D eigenvalue weighted by molar-refractivity contribution is 0.0997. The Hall–Kier alpha value is -2.85. The van der Waals surface area contributed by atoms with Gasteiger partial charge in [-0.1, -0.05) is 48.1 Å². The van der Waals surface area contributed by atoms with Crippen molar-refractivity contribution in [3.63, 3.8) is 0 Å². The number of carbonyl (C=O) groups is 1. The fourth-order valence-corrected chi connectivity index (χ4v) is 7.66. The average Bonchev–Trinajstić information content (AvgIpc) is 3.24. The molecule has 1 aliphatic heterocycles. The third-order valence-electron chi connectivity index (χ3n) is 6.74. The molecule has 1 unspecified atom stereocenters. The second-order valence-corrected chi connectivity index (χ2v) is 11.9. The van der Waals surface area contributed by atoms with Crippen LogP contribution >= 0.6 is 11.3 Å². The molecule has 0 N–H and O–H groups in total. The molecule has 1 fully saturated rings. The molecule has 0 aliphatic carbocycles. The highest BCUT2D eigenvalue weighted by atomic mass is 32.2. The van der Waals surface area contributed by atoms with E-state index in [-0.39, 0.29) is 10.9 Å². The van der Waals surface area contributed by atoms with Crippen LogP contribution in [0.25, 0.3) is 21.0 Å². The first-order valence-electron chi connectivity index (χ1n) is 12.1. The number of piperidine rings is 1. The number of fused-ring (bicyclic) bond motifs is 3. The second-order valence-electron chi connectivity index (χ2n) is 9.07. The Kier molecular flexibility index (Phi) is 7.07. The maximum absolute atomic E-state index is 13.1. The van der Waals surface area contributed by atoms with Gasteiger partial charge in [0.15, 0.2) is 4.80 Å². The summed E-state index contributed by atoms with van der Waals surface area (Å²) < 4.78 is 36.2. The summed E-state index contributed by atoms with van der Waals surface area (Å²) in [7, 11) is -1.95. The van der Waals surface area contributed by atoms with E-state index in [2.05, 4.69) is 29.3 Å². The molecule has 1 amide bonds. The first-order chi connectivity index (χ1) is 17.4. The van der Waals surface area contributed by atoms with Crippen molar-refractivity contribution in [2.24, 2.45) is 4.99 Å². The van der Waals surface area contributed by atoms with Gasteiger partial charge >= 0.3 is 0 Å². The summed E-state index contributed by atoms with van der Waals surface area (Å²) in [5.74, 6) is -0.410. The van der Waals surface area contributed by atoms with Gasteiger partial charge in [-0.25, -0.2) is 8.42 Å². The van der Waals surface area contributed by atoms with Crippen LogP contribution in [0.1, 0.15) is 36.5 Å². The molecule has 2 heterocycles. The van der Waals surface area contributed by atoms with Gasteiger partial charge in [-0.3, -0.25) is 4.79 Å². The Morgan fingerprint density at radius 3 is 2.61 bits per heavy atom. The van der Waals surface area contributed by atoms with E-state index in [1.807, 2.05) is 23.6 Å². The lowest BCUT2D eigenvalue weighted by atomic mass is 10.1. The van der Waals surface area contributed by atoms with Crippen molar-refractivity contribution in [2.75, 3.05) is 20.3 Å². The van der Waals surface area contributed by atoms with Gasteiger partial charge in [0.05, 0.1) is 21.7 Å². The third kappa shape index (κ3) is 4.64. The smallest absolute Gasteiger partial charge is 0.279 e. The maximum atomic E-state index is 13.1. The number of methoxy groups -OCH3 is 1. The van der Waals surface area contributed by atoms with Crippen molar-refractivity contribution < 1.29 is 17.9 Å². The topological polar surface area (TPSA) is 81.0 Å². The van der Waals surface area contributed by atoms with Crippen molar-refractivity contribution in [3.05, 3.63) is 71.0 Å². The molecule has 0 radical (unpaired) electrons. The Morgan fingerprint density at radius 2 is 1.86 bits per heavy atom. The molecule has 1 atom stereocenters. The Labute approximate surface area is 214 Å². The summed E-state index contributed by atoms with van der Waals surface area (Å²) in [5.41, 5.74) is 1.35. The fraction of sp³-hybridized carbons (Fsp3) is 0.333. The fourth-order valence-electron chi connectivity index (χ4n) is 4.77. The molecule has 36 heavy (non-hydrogen) atoms. The van der Waals surface area contributed by atoms with E-state index in [0.29, 0.717) is 30.1 Å². The molecule has 9 heteroatoms. The molecule has 1 aliphatic rings. The van der Waals surface area contributed by atoms with Crippen LogP contribution in [0.5, 0.6) is 0 Å². The molecular weight excluding hydrogens is 494 g/mol. The molecular formula is C27H29N3O4S2. The number of amides is 1. The average molecular weight is 524 g/mol. The molecule has 7 nitrogen and oxygen atoms in total. The number of benzene rings is 3. The molecule has 4 aromatic rings. The number of carbonyl (C=O) groups excluding carboxylic acids is 1. The SMILES string of the molecule is COCCn1c(=NC(=O)c2ccc(S(=O)(=O)N3CCCCC3C)cc2)sc2c3ccccc3ccc21. The van der Waals surface area contributed by atoms with Crippen molar-refractivity contribution in [1.82, 2.24) is 8.87 Å². The predicted molar refractivity (Wildman–Crippen MR) is 143 cm³/mol. The third-order valence-corrected chi connectivity index (χ3v) is 9.90. The quantitative estimate of drug-likeness (QED) is 0.363. The van der Waals surface area contributed by atoms with Crippen LogP contribution in [0.2, 0.25) is 0 Å². The molecule has 1 aromatic heterocycles. The predicted octanol–water partition coefficient (Wildman–Crippen LogP) is 4.81. The monoisotopic (exact) mass is 523 g/mol. The highest BCUT2D eigenvalue weighted by Crippen LogP contribution is 2.28. The van der Waals surface area contributed by atoms with Gasteiger partial charge in [0.25, 0.3) is 5.91 Å². The summed E-state index contributed by atoms with van der Waals surface area (Å²) in [6, 6.07) is 18.4. The molecule has 188 valence electrons. The summed E-state index contributed by atoms with van der Waals surface area (Å²) >= 11 is 1.47. The molecule has 0 saturated carbocycles. The van der Waals surface area contributed by atoms with Crippen LogP contribution in [0.4, 0.5) is 0 Å². The summed E-state index contributed by atoms with van der Waals surface area (Å²) in [5, 5.41) is 2.24. The Morgan fingerprint density at radius 1 is 1.08 bits per heavy atom. The van der Waals surface area contributed by atoms with Gasteiger partial charge in [0.1, 0.15) is 0 Å². The first kappa shape index (κ1) is 24.8. The van der Waals surface area contributed by atoms with Gasteiger partial charge in [-0.15, -0.1) is 0 Å². The second kappa shape index (κ2) is 10.3. The van der Waals surface area contributed by atoms with Gasteiger partial charge in [0.2, 0.25) is 10.0 Å². The number of ether oxygens (including phenoxy) is 1. The number of rotatable bonds is 6. The minimum absolute atomic E-state index is 0.0216. The summed E-state index contributed by atoms with van der Waals surface area (Å²) in [6.45, 7) is 3.52. The van der Waals surface area contributed by atoms with Crippen LogP contribution in [0.3, 0.4) is 0 Å². The number of nitrogens with zero attached hydrogens (tertiary/aromatic N) is 3. The van der Waals surface area contributed by atoms with Crippen LogP contribution in [0, 0.1) is 0 Å². The van der Waals surface area contributed by atoms with E-state index in [0.717, 1.165) is 40.3 Å². The number of thiazole rings is 1. The molecule has 5 rings (SSSR count). The van der Waals surface area contributed by atoms with Gasteiger partial charge < -0.3 is 9.30 Å². The Bertz CT molecular complexity index is 1590. The van der Waals surface area contributed by atoms with Gasteiger partial charge in [0, 0.05) is 37.2 Å². The van der Waals surface area contributed by atoms with Gasteiger partial charge in [-0.05, 0) is 55.5 Å². The molecule has 0 bridgehead atoms. The minimum Gasteiger partial charge on any atom is -0.383 e. The highest BCUT2D eigenvalue weighted by Gasteiger charge is 2.30. The minimum atomic E-state index is -3.59. The van der Waals surface area contributed by atoms with Crippen molar-refractivity contribution in [1.29, 1.82) is 0 Å². The maximum Gasteiger partial charge on any atom is 0.279 e. The lowest BCUT2D eigenvalue weighted by Gasteiger charge is -2.32. The van der Waals surface area contributed by atoms with E-state index in [1.165, 1.54) is 23.5 Å². The zero-order chi connectivity index (χ0) is 25.3. The van der Waals surface area contributed by atoms with E-state index in [4.69, 9.17) is 4.74 Å². The van der Waals surface area contributed by atoms with Crippen LogP contribution in [-0.4, -0.2) is 49.5 Å². The summed E-state index contributed by atoms with van der Waals surface area (Å²) in [6.07, 6.45) is 2.77. The van der Waals surface area contributed by atoms with Crippen molar-refractivity contribution >= 4 is 48.3 Å². The van der Waals surface area contributed by atoms with E-state index < -0.39 is 15.9 Å². The standard InChI is InChI=1S/C27H29N3O4S2/c1-19-7-5-6-16-30(19)36(32,33)22-13-10-21(11-14-22)26(31)28-27-29(17-18-34-2)24-15-12-20-8-3-4-9-23(20)25(24)35-27/h3-4,8-15,19H,5-7,16-18H2,1-2H3. The van der Waals surface area contributed by atoms with Crippen molar-refractivity contribution in [3.8, 4) is 0 Å². The molecule has 0 spiro atoms. The number of hydrogen-bond acceptors (Lipinski definition) is 5. The lowest BCUT2D eigenvalue weighted by Crippen LogP contribution is -2.41. The van der Waals surface area contributed by atoms with Crippen LogP contribution < -0.4 is 4.80 Å². The zero-order valence-electron chi connectivity index (χ0n) is 20.4. The summed E-state index contributed by atoms with van der Waals surface area (Å²) in [4.78, 5) is 18.4. The number of hydrogen-bond donors (Lipinski definition) is 0. The first-order valence-corrected chi connectivity index (χ1v) is 14.4. The van der Waals surface area contributed by atoms with Gasteiger partial charge in [-0.2, -0.15) is 9.30 Å². The largest absolute Gasteiger partial charge is 0.383 e. The van der Waals surface area contributed by atoms with Crippen LogP contribution in [0.15, 0.2) is 70.6 Å².